The van der Waals surface area contributed by atoms with Gasteiger partial charge in [-0.05, 0) is 48.4 Å². The Hall–Kier alpha value is -3.72. The van der Waals surface area contributed by atoms with E-state index in [2.05, 4.69) is 10.3 Å². The quantitative estimate of drug-likeness (QED) is 0.556. The second-order valence-electron chi connectivity index (χ2n) is 6.51. The van der Waals surface area contributed by atoms with E-state index in [9.17, 15) is 18.0 Å². The second kappa shape index (κ2) is 9.86. The summed E-state index contributed by atoms with van der Waals surface area (Å²) in [7, 11) is -2.81. The molecule has 0 aliphatic heterocycles. The number of sulfonamides is 1. The summed E-state index contributed by atoms with van der Waals surface area (Å²) in [5.74, 6) is -1.17. The van der Waals surface area contributed by atoms with Crippen LogP contribution in [0.1, 0.15) is 26.3 Å². The van der Waals surface area contributed by atoms with Crippen molar-refractivity contribution in [2.45, 2.75) is 11.3 Å². The van der Waals surface area contributed by atoms with Crippen molar-refractivity contribution < 1.29 is 22.7 Å². The van der Waals surface area contributed by atoms with E-state index >= 15 is 0 Å². The minimum Gasteiger partial charge on any atom is -0.480 e. The first kappa shape index (κ1) is 22.0. The Morgan fingerprint density at radius 3 is 2.32 bits per heavy atom. The summed E-state index contributed by atoms with van der Waals surface area (Å²) in [5, 5.41) is 2.79. The average Bonchev–Trinajstić information content (AvgIpc) is 2.79. The summed E-state index contributed by atoms with van der Waals surface area (Å²) >= 11 is 0. The molecular weight excluding hydrogens is 418 g/mol. The molecule has 0 aliphatic carbocycles. The zero-order valence-corrected chi connectivity index (χ0v) is 17.6. The Morgan fingerprint density at radius 2 is 1.65 bits per heavy atom. The van der Waals surface area contributed by atoms with Gasteiger partial charge in [0, 0.05) is 18.3 Å². The highest BCUT2D eigenvalue weighted by molar-refractivity contribution is 7.90. The lowest BCUT2D eigenvalue weighted by Crippen LogP contribution is -2.31. The molecule has 2 aromatic carbocycles. The predicted octanol–water partition coefficient (Wildman–Crippen LogP) is 2.18. The van der Waals surface area contributed by atoms with Crippen LogP contribution in [0.4, 0.5) is 0 Å². The number of aromatic nitrogens is 1. The van der Waals surface area contributed by atoms with Gasteiger partial charge < -0.3 is 10.1 Å². The van der Waals surface area contributed by atoms with Crippen LogP contribution in [0, 0.1) is 0 Å². The van der Waals surface area contributed by atoms with Crippen molar-refractivity contribution in [3.8, 4) is 5.88 Å². The SMILES string of the molecule is COc1ncccc1C(=O)NS(=O)(=O)c1ccc(C(=O)NCCc2ccccc2)cc1. The molecule has 0 atom stereocenters. The summed E-state index contributed by atoms with van der Waals surface area (Å²) in [4.78, 5) is 28.4. The molecule has 31 heavy (non-hydrogen) atoms. The molecule has 1 aromatic heterocycles. The molecule has 2 N–H and O–H groups in total. The maximum atomic E-state index is 12.5. The van der Waals surface area contributed by atoms with Crippen LogP contribution in [-0.2, 0) is 16.4 Å². The van der Waals surface area contributed by atoms with Gasteiger partial charge in [-0.2, -0.15) is 0 Å². The number of benzene rings is 2. The number of pyridine rings is 1. The van der Waals surface area contributed by atoms with Crippen molar-refractivity contribution in [2.75, 3.05) is 13.7 Å². The molecule has 0 saturated heterocycles. The van der Waals surface area contributed by atoms with Gasteiger partial charge in [0.1, 0.15) is 5.56 Å². The van der Waals surface area contributed by atoms with E-state index in [0.717, 1.165) is 5.56 Å². The minimum atomic E-state index is -4.14. The van der Waals surface area contributed by atoms with E-state index in [0.29, 0.717) is 18.5 Å². The lowest BCUT2D eigenvalue weighted by molar-refractivity contribution is 0.0951. The van der Waals surface area contributed by atoms with Crippen molar-refractivity contribution in [3.05, 3.63) is 89.6 Å². The fourth-order valence-electron chi connectivity index (χ4n) is 2.81. The smallest absolute Gasteiger partial charge is 0.270 e. The maximum Gasteiger partial charge on any atom is 0.270 e. The molecule has 9 heteroatoms. The second-order valence-corrected chi connectivity index (χ2v) is 8.19. The van der Waals surface area contributed by atoms with E-state index in [4.69, 9.17) is 4.74 Å². The highest BCUT2D eigenvalue weighted by Gasteiger charge is 2.22. The number of carbonyl (C=O) groups excluding carboxylic acids is 2. The monoisotopic (exact) mass is 439 g/mol. The Bertz CT molecular complexity index is 1160. The molecule has 0 unspecified atom stereocenters. The predicted molar refractivity (Wildman–Crippen MR) is 114 cm³/mol. The molecule has 0 fully saturated rings. The highest BCUT2D eigenvalue weighted by Crippen LogP contribution is 2.16. The van der Waals surface area contributed by atoms with Crippen LogP contribution in [0.25, 0.3) is 0 Å². The summed E-state index contributed by atoms with van der Waals surface area (Å²) in [5.41, 5.74) is 1.40. The first-order chi connectivity index (χ1) is 14.9. The number of hydrogen-bond donors (Lipinski definition) is 2. The summed E-state index contributed by atoms with van der Waals surface area (Å²) in [6.45, 7) is 0.450. The maximum absolute atomic E-state index is 12.5. The Balaban J connectivity index is 1.62. The summed E-state index contributed by atoms with van der Waals surface area (Å²) < 4.78 is 32.0. The highest BCUT2D eigenvalue weighted by atomic mass is 32.2. The van der Waals surface area contributed by atoms with Crippen LogP contribution in [0.5, 0.6) is 5.88 Å². The van der Waals surface area contributed by atoms with Crippen molar-refractivity contribution in [1.29, 1.82) is 0 Å². The fourth-order valence-corrected chi connectivity index (χ4v) is 3.78. The summed E-state index contributed by atoms with van der Waals surface area (Å²) in [6.07, 6.45) is 2.11. The molecule has 0 aliphatic rings. The Morgan fingerprint density at radius 1 is 0.935 bits per heavy atom. The van der Waals surface area contributed by atoms with Crippen LogP contribution >= 0.6 is 0 Å². The summed E-state index contributed by atoms with van der Waals surface area (Å²) in [6, 6.07) is 17.9. The third-order valence-electron chi connectivity index (χ3n) is 4.41. The molecule has 0 radical (unpaired) electrons. The van der Waals surface area contributed by atoms with Gasteiger partial charge in [-0.1, -0.05) is 30.3 Å². The standard InChI is InChI=1S/C22H21N3O5S/c1-30-22-19(8-5-14-24-22)21(27)25-31(28,29)18-11-9-17(10-12-18)20(26)23-15-13-16-6-3-2-4-7-16/h2-12,14H,13,15H2,1H3,(H,23,26)(H,25,27). The fraction of sp³-hybridized carbons (Fsp3) is 0.136. The molecule has 0 saturated carbocycles. The molecular formula is C22H21N3O5S. The van der Waals surface area contributed by atoms with Gasteiger partial charge in [0.25, 0.3) is 21.8 Å². The molecule has 3 rings (SSSR count). The van der Waals surface area contributed by atoms with E-state index in [1.165, 1.54) is 49.7 Å². The first-order valence-electron chi connectivity index (χ1n) is 9.39. The molecule has 8 nitrogen and oxygen atoms in total. The molecule has 3 aromatic rings. The van der Waals surface area contributed by atoms with Crippen LogP contribution in [-0.4, -0.2) is 38.9 Å². The first-order valence-corrected chi connectivity index (χ1v) is 10.9. The van der Waals surface area contributed by atoms with Crippen LogP contribution in [0.15, 0.2) is 77.8 Å². The zero-order chi connectivity index (χ0) is 22.3. The number of rotatable bonds is 8. The van der Waals surface area contributed by atoms with Crippen molar-refractivity contribution in [2.24, 2.45) is 0 Å². The van der Waals surface area contributed by atoms with Crippen LogP contribution in [0.2, 0.25) is 0 Å². The Kier molecular flexibility index (Phi) is 6.99. The molecule has 0 bridgehead atoms. The average molecular weight is 439 g/mol. The van der Waals surface area contributed by atoms with E-state index in [1.54, 1.807) is 0 Å². The molecule has 1 heterocycles. The van der Waals surface area contributed by atoms with Gasteiger partial charge in [-0.15, -0.1) is 0 Å². The topological polar surface area (TPSA) is 114 Å². The van der Waals surface area contributed by atoms with Crippen LogP contribution < -0.4 is 14.8 Å². The molecule has 2 amide bonds. The van der Waals surface area contributed by atoms with Gasteiger partial charge in [0.2, 0.25) is 5.88 Å². The van der Waals surface area contributed by atoms with E-state index < -0.39 is 15.9 Å². The van der Waals surface area contributed by atoms with Gasteiger partial charge in [-0.3, -0.25) is 9.59 Å². The van der Waals surface area contributed by atoms with Crippen molar-refractivity contribution in [1.82, 2.24) is 15.0 Å². The van der Waals surface area contributed by atoms with Gasteiger partial charge in [0.05, 0.1) is 12.0 Å². The Labute approximate surface area is 180 Å². The van der Waals surface area contributed by atoms with Gasteiger partial charge in [-0.25, -0.2) is 18.1 Å². The van der Waals surface area contributed by atoms with Gasteiger partial charge in [0.15, 0.2) is 0 Å². The number of carbonyl (C=O) groups is 2. The van der Waals surface area contributed by atoms with Crippen molar-refractivity contribution in [3.63, 3.8) is 0 Å². The number of nitrogens with one attached hydrogen (secondary N) is 2. The molecule has 0 spiro atoms. The zero-order valence-electron chi connectivity index (χ0n) is 16.7. The van der Waals surface area contributed by atoms with Crippen molar-refractivity contribution >= 4 is 21.8 Å². The van der Waals surface area contributed by atoms with Gasteiger partial charge >= 0.3 is 0 Å². The lowest BCUT2D eigenvalue weighted by atomic mass is 10.1. The van der Waals surface area contributed by atoms with E-state index in [1.807, 2.05) is 35.1 Å². The molecule has 160 valence electrons. The minimum absolute atomic E-state index is 0.0111. The number of nitrogens with zero attached hydrogens (tertiary/aromatic N) is 1. The largest absolute Gasteiger partial charge is 0.480 e. The number of ether oxygens (including phenoxy) is 1. The lowest BCUT2D eigenvalue weighted by Gasteiger charge is -2.10. The third kappa shape index (κ3) is 5.67. The number of methoxy groups -OCH3 is 1. The third-order valence-corrected chi connectivity index (χ3v) is 5.75. The van der Waals surface area contributed by atoms with E-state index in [-0.39, 0.29) is 22.2 Å². The van der Waals surface area contributed by atoms with Crippen LogP contribution in [0.3, 0.4) is 0 Å². The number of hydrogen-bond acceptors (Lipinski definition) is 6. The number of amides is 2. The normalized spacial score (nSPS) is 10.9.